The van der Waals surface area contributed by atoms with Gasteiger partial charge < -0.3 is 10.1 Å². The molecule has 0 aliphatic carbocycles. The molecule has 4 nitrogen and oxygen atoms in total. The third kappa shape index (κ3) is 3.64. The van der Waals surface area contributed by atoms with Gasteiger partial charge in [0.2, 0.25) is 0 Å². The number of methoxy groups -OCH3 is 1. The summed E-state index contributed by atoms with van der Waals surface area (Å²) in [4.78, 5) is 16.5. The molecule has 1 N–H and O–H groups in total. The fourth-order valence-corrected chi connectivity index (χ4v) is 2.07. The molecule has 1 amide bonds. The number of aromatic nitrogens is 1. The molecule has 1 aromatic heterocycles. The molecular formula is C18H22N2O2. The normalized spacial score (nSPS) is 11.1. The highest BCUT2D eigenvalue weighted by molar-refractivity contribution is 6.04. The topological polar surface area (TPSA) is 51.2 Å². The fourth-order valence-electron chi connectivity index (χ4n) is 2.07. The van der Waals surface area contributed by atoms with Crippen molar-refractivity contribution in [1.82, 2.24) is 4.98 Å². The maximum absolute atomic E-state index is 12.3. The zero-order valence-corrected chi connectivity index (χ0v) is 13.7. The van der Waals surface area contributed by atoms with E-state index in [0.29, 0.717) is 17.0 Å². The van der Waals surface area contributed by atoms with Crippen molar-refractivity contribution in [3.05, 3.63) is 53.3 Å². The number of hydrogen-bond acceptors (Lipinski definition) is 3. The van der Waals surface area contributed by atoms with E-state index in [1.165, 1.54) is 0 Å². The molecule has 0 saturated carbocycles. The number of nitrogens with one attached hydrogen (secondary N) is 1. The number of pyridine rings is 1. The van der Waals surface area contributed by atoms with E-state index in [9.17, 15) is 4.79 Å². The Balaban J connectivity index is 2.31. The second-order valence-electron chi connectivity index (χ2n) is 6.31. The van der Waals surface area contributed by atoms with Crippen LogP contribution in [0.5, 0.6) is 5.75 Å². The molecule has 1 heterocycles. The van der Waals surface area contributed by atoms with E-state index in [0.717, 1.165) is 11.3 Å². The predicted octanol–water partition coefficient (Wildman–Crippen LogP) is 3.95. The van der Waals surface area contributed by atoms with Gasteiger partial charge in [0.15, 0.2) is 0 Å². The summed E-state index contributed by atoms with van der Waals surface area (Å²) in [5.41, 5.74) is 3.20. The second kappa shape index (κ2) is 6.18. The Morgan fingerprint density at radius 3 is 2.45 bits per heavy atom. The monoisotopic (exact) mass is 298 g/mol. The van der Waals surface area contributed by atoms with Crippen LogP contribution in [0.2, 0.25) is 0 Å². The summed E-state index contributed by atoms with van der Waals surface area (Å²) >= 11 is 0. The molecule has 0 aliphatic rings. The quantitative estimate of drug-likeness (QED) is 0.933. The van der Waals surface area contributed by atoms with E-state index in [2.05, 4.69) is 31.1 Å². The number of nitrogens with zero attached hydrogens (tertiary/aromatic N) is 1. The number of anilines is 1. The number of rotatable bonds is 3. The molecule has 22 heavy (non-hydrogen) atoms. The van der Waals surface area contributed by atoms with Crippen LogP contribution >= 0.6 is 0 Å². The van der Waals surface area contributed by atoms with Gasteiger partial charge in [0.1, 0.15) is 5.75 Å². The summed E-state index contributed by atoms with van der Waals surface area (Å²) in [6.45, 7) is 8.27. The molecule has 0 radical (unpaired) electrons. The minimum Gasteiger partial charge on any atom is -0.495 e. The largest absolute Gasteiger partial charge is 0.495 e. The number of hydrogen-bond donors (Lipinski definition) is 1. The predicted molar refractivity (Wildman–Crippen MR) is 88.6 cm³/mol. The number of carbonyl (C=O) groups excluding carboxylic acids is 1. The summed E-state index contributed by atoms with van der Waals surface area (Å²) < 4.78 is 5.34. The molecule has 0 spiro atoms. The number of ether oxygens (including phenoxy) is 1. The van der Waals surface area contributed by atoms with Crippen LogP contribution in [-0.2, 0) is 5.41 Å². The van der Waals surface area contributed by atoms with Crippen LogP contribution in [0.1, 0.15) is 42.4 Å². The average Bonchev–Trinajstić information content (AvgIpc) is 2.46. The lowest BCUT2D eigenvalue weighted by molar-refractivity contribution is 0.102. The molecule has 2 aromatic rings. The number of amides is 1. The first-order valence-corrected chi connectivity index (χ1v) is 7.24. The maximum atomic E-state index is 12.3. The molecular weight excluding hydrogens is 276 g/mol. The van der Waals surface area contributed by atoms with Crippen LogP contribution in [0.25, 0.3) is 0 Å². The first kappa shape index (κ1) is 16.0. The molecule has 0 aliphatic heterocycles. The van der Waals surface area contributed by atoms with E-state index in [1.54, 1.807) is 19.4 Å². The van der Waals surface area contributed by atoms with Crippen molar-refractivity contribution in [3.63, 3.8) is 0 Å². The van der Waals surface area contributed by atoms with Crippen LogP contribution < -0.4 is 10.1 Å². The van der Waals surface area contributed by atoms with Crippen molar-refractivity contribution >= 4 is 11.6 Å². The van der Waals surface area contributed by atoms with Crippen molar-refractivity contribution < 1.29 is 9.53 Å². The Kier molecular flexibility index (Phi) is 4.50. The minimum absolute atomic E-state index is 0.00281. The minimum atomic E-state index is -0.197. The van der Waals surface area contributed by atoms with Crippen molar-refractivity contribution in [2.45, 2.75) is 33.1 Å². The molecule has 0 unspecified atom stereocenters. The van der Waals surface area contributed by atoms with Crippen LogP contribution in [0.15, 0.2) is 36.5 Å². The Bertz CT molecular complexity index is 670. The third-order valence-corrected chi connectivity index (χ3v) is 3.49. The second-order valence-corrected chi connectivity index (χ2v) is 6.31. The van der Waals surface area contributed by atoms with Crippen LogP contribution in [-0.4, -0.2) is 18.0 Å². The Morgan fingerprint density at radius 1 is 1.18 bits per heavy atom. The summed E-state index contributed by atoms with van der Waals surface area (Å²) in [6.07, 6.45) is 1.57. The van der Waals surface area contributed by atoms with E-state index in [4.69, 9.17) is 4.74 Å². The standard InChI is InChI=1S/C18H22N2O2/c1-12-6-7-13(11-19-12)17(21)20-15-10-14(18(2,3)4)8-9-16(15)22-5/h6-11H,1-5H3,(H,20,21). The Morgan fingerprint density at radius 2 is 1.91 bits per heavy atom. The highest BCUT2D eigenvalue weighted by Crippen LogP contribution is 2.31. The lowest BCUT2D eigenvalue weighted by atomic mass is 9.87. The first-order valence-electron chi connectivity index (χ1n) is 7.24. The van der Waals surface area contributed by atoms with Crippen molar-refractivity contribution in [2.75, 3.05) is 12.4 Å². The molecule has 0 bridgehead atoms. The SMILES string of the molecule is COc1ccc(C(C)(C)C)cc1NC(=O)c1ccc(C)nc1. The lowest BCUT2D eigenvalue weighted by Crippen LogP contribution is -2.15. The van der Waals surface area contributed by atoms with Crippen molar-refractivity contribution in [2.24, 2.45) is 0 Å². The van der Waals surface area contributed by atoms with E-state index in [1.807, 2.05) is 31.2 Å². The van der Waals surface area contributed by atoms with E-state index in [-0.39, 0.29) is 11.3 Å². The van der Waals surface area contributed by atoms with Crippen molar-refractivity contribution in [3.8, 4) is 5.75 Å². The summed E-state index contributed by atoms with van der Waals surface area (Å²) in [5, 5.41) is 2.91. The molecule has 1 aromatic carbocycles. The highest BCUT2D eigenvalue weighted by Gasteiger charge is 2.17. The summed E-state index contributed by atoms with van der Waals surface area (Å²) in [5.74, 6) is 0.443. The van der Waals surface area contributed by atoms with Crippen molar-refractivity contribution in [1.29, 1.82) is 0 Å². The van der Waals surface area contributed by atoms with Gasteiger partial charge in [0.25, 0.3) is 5.91 Å². The van der Waals surface area contributed by atoms with Gasteiger partial charge in [-0.1, -0.05) is 26.8 Å². The fraction of sp³-hybridized carbons (Fsp3) is 0.333. The van der Waals surface area contributed by atoms with Crippen LogP contribution in [0, 0.1) is 6.92 Å². The first-order chi connectivity index (χ1) is 10.3. The zero-order chi connectivity index (χ0) is 16.3. The molecule has 116 valence electrons. The van der Waals surface area contributed by atoms with Gasteiger partial charge in [-0.25, -0.2) is 0 Å². The average molecular weight is 298 g/mol. The molecule has 0 atom stereocenters. The van der Waals surface area contributed by atoms with Crippen LogP contribution in [0.4, 0.5) is 5.69 Å². The van der Waals surface area contributed by atoms with E-state index >= 15 is 0 Å². The Labute approximate surface area is 131 Å². The Hall–Kier alpha value is -2.36. The number of carbonyl (C=O) groups is 1. The lowest BCUT2D eigenvalue weighted by Gasteiger charge is -2.21. The molecule has 2 rings (SSSR count). The number of aryl methyl sites for hydroxylation is 1. The summed E-state index contributed by atoms with van der Waals surface area (Å²) in [6, 6.07) is 9.43. The van der Waals surface area contributed by atoms with Gasteiger partial charge in [0.05, 0.1) is 18.4 Å². The third-order valence-electron chi connectivity index (χ3n) is 3.49. The molecule has 0 saturated heterocycles. The van der Waals surface area contributed by atoms with Gasteiger partial charge in [-0.2, -0.15) is 0 Å². The number of benzene rings is 1. The zero-order valence-electron chi connectivity index (χ0n) is 13.7. The maximum Gasteiger partial charge on any atom is 0.257 e. The van der Waals surface area contributed by atoms with Gasteiger partial charge >= 0.3 is 0 Å². The van der Waals surface area contributed by atoms with Gasteiger partial charge in [-0.15, -0.1) is 0 Å². The van der Waals surface area contributed by atoms with E-state index < -0.39 is 0 Å². The van der Waals surface area contributed by atoms with Gasteiger partial charge in [-0.05, 0) is 42.2 Å². The summed E-state index contributed by atoms with van der Waals surface area (Å²) in [7, 11) is 1.59. The van der Waals surface area contributed by atoms with Crippen LogP contribution in [0.3, 0.4) is 0 Å². The van der Waals surface area contributed by atoms with Gasteiger partial charge in [0, 0.05) is 11.9 Å². The smallest absolute Gasteiger partial charge is 0.257 e. The molecule has 0 fully saturated rings. The van der Waals surface area contributed by atoms with Gasteiger partial charge in [-0.3, -0.25) is 9.78 Å². The highest BCUT2D eigenvalue weighted by atomic mass is 16.5. The molecule has 4 heteroatoms.